The summed E-state index contributed by atoms with van der Waals surface area (Å²) < 4.78 is 6.88. The van der Waals surface area contributed by atoms with E-state index in [1.54, 1.807) is 17.5 Å². The lowest BCUT2D eigenvalue weighted by atomic mass is 9.96. The molecule has 0 saturated carbocycles. The van der Waals surface area contributed by atoms with Crippen molar-refractivity contribution in [3.05, 3.63) is 80.8 Å². The molecule has 1 aromatic carbocycles. The van der Waals surface area contributed by atoms with Gasteiger partial charge in [0.15, 0.2) is 5.76 Å². The number of fused-ring (bicyclic) bond motifs is 1. The fourth-order valence-electron chi connectivity index (χ4n) is 4.10. The lowest BCUT2D eigenvalue weighted by Gasteiger charge is -2.24. The van der Waals surface area contributed by atoms with E-state index in [1.165, 1.54) is 36.3 Å². The first-order valence-corrected chi connectivity index (χ1v) is 10.2. The van der Waals surface area contributed by atoms with Gasteiger partial charge >= 0.3 is 0 Å². The molecule has 1 N–H and O–H groups in total. The van der Waals surface area contributed by atoms with Crippen LogP contribution < -0.4 is 0 Å². The Kier molecular flexibility index (Phi) is 5.69. The van der Waals surface area contributed by atoms with Gasteiger partial charge in [0.25, 0.3) is 17.4 Å². The van der Waals surface area contributed by atoms with Crippen LogP contribution in [-0.4, -0.2) is 56.3 Å². The maximum atomic E-state index is 13.1. The number of non-ortho nitro benzene ring substituents is 1. The van der Waals surface area contributed by atoms with Crippen LogP contribution in [0.15, 0.2) is 48.2 Å². The summed E-state index contributed by atoms with van der Waals surface area (Å²) in [6.45, 7) is 3.91. The zero-order valence-corrected chi connectivity index (χ0v) is 18.3. The summed E-state index contributed by atoms with van der Waals surface area (Å²) in [6, 6.07) is 8.33. The number of Topliss-reactive ketones (excluding diaryl/α,β-unsaturated/α-hetero) is 1. The summed E-state index contributed by atoms with van der Waals surface area (Å²) >= 11 is 0. The third-order valence-corrected chi connectivity index (χ3v) is 5.80. The molecule has 3 aromatic rings. The molecule has 0 bridgehead atoms. The standard InChI is InChI=1S/C23H22N4O6/c1-13-5-4-10-25-14(2)18(24-22(13)25)20(28)17-19(15-6-8-16(9-7-15)27(31)32)26(11-12-33-3)23(30)21(17)29/h4-10,19,28H,11-12H2,1-3H3. The first-order valence-electron chi connectivity index (χ1n) is 10.2. The van der Waals surface area contributed by atoms with Gasteiger partial charge in [-0.3, -0.25) is 19.7 Å². The lowest BCUT2D eigenvalue weighted by Crippen LogP contribution is -2.32. The number of nitrogens with zero attached hydrogens (tertiary/aromatic N) is 4. The predicted molar refractivity (Wildman–Crippen MR) is 119 cm³/mol. The Bertz CT molecular complexity index is 1310. The zero-order valence-electron chi connectivity index (χ0n) is 18.3. The number of benzene rings is 1. The number of hydrogen-bond donors (Lipinski definition) is 1. The molecule has 10 nitrogen and oxygen atoms in total. The topological polar surface area (TPSA) is 127 Å². The minimum absolute atomic E-state index is 0.1000. The van der Waals surface area contributed by atoms with Crippen LogP contribution in [0, 0.1) is 24.0 Å². The molecule has 0 radical (unpaired) electrons. The molecule has 33 heavy (non-hydrogen) atoms. The maximum Gasteiger partial charge on any atom is 0.295 e. The van der Waals surface area contributed by atoms with Crippen molar-refractivity contribution in [1.29, 1.82) is 0 Å². The fraction of sp³-hybridized carbons (Fsp3) is 0.261. The van der Waals surface area contributed by atoms with Crippen LogP contribution in [0.4, 0.5) is 5.69 Å². The molecule has 4 rings (SSSR count). The van der Waals surface area contributed by atoms with Crippen molar-refractivity contribution in [2.24, 2.45) is 0 Å². The average molecular weight is 450 g/mol. The van der Waals surface area contributed by atoms with Crippen molar-refractivity contribution in [3.8, 4) is 0 Å². The molecule has 0 aliphatic carbocycles. The van der Waals surface area contributed by atoms with Gasteiger partial charge in [0.2, 0.25) is 0 Å². The molecule has 1 amide bonds. The van der Waals surface area contributed by atoms with Gasteiger partial charge in [-0.1, -0.05) is 6.07 Å². The number of aromatic nitrogens is 2. The highest BCUT2D eigenvalue weighted by molar-refractivity contribution is 6.46. The highest BCUT2D eigenvalue weighted by Crippen LogP contribution is 2.40. The van der Waals surface area contributed by atoms with Crippen LogP contribution in [-0.2, 0) is 14.3 Å². The molecule has 2 aromatic heterocycles. The maximum absolute atomic E-state index is 13.1. The summed E-state index contributed by atoms with van der Waals surface area (Å²) in [5, 5.41) is 22.3. The van der Waals surface area contributed by atoms with E-state index in [0.717, 1.165) is 5.56 Å². The number of aliphatic hydroxyl groups is 1. The SMILES string of the molecule is COCCN1C(=O)C(=O)C(=C(O)c2nc3c(C)cccn3c2C)C1c1ccc([N+](=O)[O-])cc1. The monoisotopic (exact) mass is 450 g/mol. The fourth-order valence-corrected chi connectivity index (χ4v) is 4.10. The van der Waals surface area contributed by atoms with Gasteiger partial charge in [-0.05, 0) is 43.2 Å². The zero-order chi connectivity index (χ0) is 23.9. The van der Waals surface area contributed by atoms with Gasteiger partial charge in [0.05, 0.1) is 28.8 Å². The van der Waals surface area contributed by atoms with Gasteiger partial charge in [-0.25, -0.2) is 4.98 Å². The number of carbonyl (C=O) groups is 2. The molecular formula is C23H22N4O6. The quantitative estimate of drug-likeness (QED) is 0.201. The number of methoxy groups -OCH3 is 1. The number of pyridine rings is 1. The van der Waals surface area contributed by atoms with E-state index < -0.39 is 28.4 Å². The molecule has 3 heterocycles. The van der Waals surface area contributed by atoms with Crippen LogP contribution >= 0.6 is 0 Å². The summed E-state index contributed by atoms with van der Waals surface area (Å²) in [7, 11) is 1.47. The number of likely N-dealkylation sites (tertiary alicyclic amines) is 1. The van der Waals surface area contributed by atoms with E-state index in [9.17, 15) is 24.8 Å². The molecule has 10 heteroatoms. The number of nitro benzene ring substituents is 1. The van der Waals surface area contributed by atoms with E-state index >= 15 is 0 Å². The van der Waals surface area contributed by atoms with Gasteiger partial charge in [0, 0.05) is 32.0 Å². The van der Waals surface area contributed by atoms with Crippen molar-refractivity contribution >= 4 is 28.8 Å². The van der Waals surface area contributed by atoms with Crippen LogP contribution in [0.5, 0.6) is 0 Å². The summed E-state index contributed by atoms with van der Waals surface area (Å²) in [5.74, 6) is -2.02. The molecular weight excluding hydrogens is 428 g/mol. The van der Waals surface area contributed by atoms with E-state index in [4.69, 9.17) is 4.74 Å². The third-order valence-electron chi connectivity index (χ3n) is 5.80. The third kappa shape index (κ3) is 3.64. The minimum atomic E-state index is -0.939. The van der Waals surface area contributed by atoms with Crippen molar-refractivity contribution in [2.75, 3.05) is 20.3 Å². The Morgan fingerprint density at radius 3 is 2.52 bits per heavy atom. The Morgan fingerprint density at radius 2 is 1.91 bits per heavy atom. The molecule has 1 unspecified atom stereocenters. The first kappa shape index (κ1) is 22.2. The predicted octanol–water partition coefficient (Wildman–Crippen LogP) is 2.93. The summed E-state index contributed by atoms with van der Waals surface area (Å²) in [6.07, 6.45) is 1.80. The number of aliphatic hydroxyl groups excluding tert-OH is 1. The van der Waals surface area contributed by atoms with Crippen LogP contribution in [0.3, 0.4) is 0 Å². The number of carbonyl (C=O) groups excluding carboxylic acids is 2. The van der Waals surface area contributed by atoms with Crippen LogP contribution in [0.2, 0.25) is 0 Å². The first-order chi connectivity index (χ1) is 15.8. The molecule has 1 saturated heterocycles. The second kappa shape index (κ2) is 8.47. The number of hydrogen-bond acceptors (Lipinski definition) is 7. The van der Waals surface area contributed by atoms with Crippen molar-refractivity contribution < 1.29 is 24.4 Å². The van der Waals surface area contributed by atoms with Crippen molar-refractivity contribution in [3.63, 3.8) is 0 Å². The number of aryl methyl sites for hydroxylation is 2. The average Bonchev–Trinajstić information content (AvgIpc) is 3.27. The highest BCUT2D eigenvalue weighted by Gasteiger charge is 2.46. The summed E-state index contributed by atoms with van der Waals surface area (Å²) in [4.78, 5) is 42.3. The number of ether oxygens (including phenoxy) is 1. The number of nitro groups is 1. The van der Waals surface area contributed by atoms with Crippen LogP contribution in [0.1, 0.15) is 28.6 Å². The van der Waals surface area contributed by atoms with Crippen molar-refractivity contribution in [1.82, 2.24) is 14.3 Å². The van der Waals surface area contributed by atoms with Gasteiger partial charge in [-0.15, -0.1) is 0 Å². The van der Waals surface area contributed by atoms with Crippen molar-refractivity contribution in [2.45, 2.75) is 19.9 Å². The second-order valence-electron chi connectivity index (χ2n) is 7.76. The Hall–Kier alpha value is -4.05. The minimum Gasteiger partial charge on any atom is -0.505 e. The van der Waals surface area contributed by atoms with Gasteiger partial charge < -0.3 is 19.1 Å². The smallest absolute Gasteiger partial charge is 0.295 e. The lowest BCUT2D eigenvalue weighted by molar-refractivity contribution is -0.384. The molecule has 1 fully saturated rings. The van der Waals surface area contributed by atoms with E-state index in [0.29, 0.717) is 16.9 Å². The van der Waals surface area contributed by atoms with Gasteiger partial charge in [0.1, 0.15) is 11.3 Å². The second-order valence-corrected chi connectivity index (χ2v) is 7.76. The Labute approximate surface area is 188 Å². The number of ketones is 1. The number of rotatable bonds is 6. The normalized spacial score (nSPS) is 17.8. The number of amides is 1. The number of imidazole rings is 1. The van der Waals surface area contributed by atoms with E-state index in [2.05, 4.69) is 4.98 Å². The van der Waals surface area contributed by atoms with Gasteiger partial charge in [-0.2, -0.15) is 0 Å². The molecule has 1 aliphatic rings. The van der Waals surface area contributed by atoms with E-state index in [-0.39, 0.29) is 30.1 Å². The largest absolute Gasteiger partial charge is 0.505 e. The molecule has 170 valence electrons. The highest BCUT2D eigenvalue weighted by atomic mass is 16.6. The Balaban J connectivity index is 1.91. The molecule has 1 aliphatic heterocycles. The summed E-state index contributed by atoms with van der Waals surface area (Å²) in [5.41, 5.74) is 2.52. The van der Waals surface area contributed by atoms with E-state index in [1.807, 2.05) is 19.1 Å². The Morgan fingerprint density at radius 1 is 1.21 bits per heavy atom. The van der Waals surface area contributed by atoms with Crippen LogP contribution in [0.25, 0.3) is 11.4 Å². The molecule has 0 spiro atoms. The molecule has 1 atom stereocenters.